The van der Waals surface area contributed by atoms with Crippen molar-refractivity contribution in [2.24, 2.45) is 0 Å². The molecule has 1 saturated carbocycles. The number of nitrogens with one attached hydrogen (secondary N) is 1. The van der Waals surface area contributed by atoms with Crippen molar-refractivity contribution in [1.29, 1.82) is 0 Å². The van der Waals surface area contributed by atoms with Gasteiger partial charge in [0.25, 0.3) is 0 Å². The van der Waals surface area contributed by atoms with Crippen LogP contribution in [0.1, 0.15) is 23.5 Å². The lowest BCUT2D eigenvalue weighted by atomic mass is 10.2. The molecule has 1 aromatic heterocycles. The number of hydrogen-bond donors (Lipinski definition) is 2. The molecular weight excluding hydrogens is 212 g/mol. The average Bonchev–Trinajstić information content (AvgIpc) is 2.84. The van der Waals surface area contributed by atoms with Crippen molar-refractivity contribution in [3.63, 3.8) is 0 Å². The van der Waals surface area contributed by atoms with Crippen LogP contribution in [-0.2, 0) is 11.2 Å². The van der Waals surface area contributed by atoms with E-state index in [1.54, 1.807) is 11.3 Å². The van der Waals surface area contributed by atoms with Crippen LogP contribution < -0.4 is 5.32 Å². The number of carbonyl (C=O) groups excluding carboxylic acids is 1. The van der Waals surface area contributed by atoms with Crippen LogP contribution in [0.3, 0.4) is 0 Å². The molecule has 1 fully saturated rings. The molecule has 1 heterocycles. The number of aliphatic hydroxyl groups excluding tert-OH is 1. The van der Waals surface area contributed by atoms with Gasteiger partial charge in [0.15, 0.2) is 0 Å². The second kappa shape index (κ2) is 3.90. The summed E-state index contributed by atoms with van der Waals surface area (Å²) < 4.78 is 0. The molecule has 0 bridgehead atoms. The molecule has 2 N–H and O–H groups in total. The van der Waals surface area contributed by atoms with Crippen molar-refractivity contribution in [1.82, 2.24) is 10.3 Å². The summed E-state index contributed by atoms with van der Waals surface area (Å²) in [6.07, 6.45) is 2.07. The van der Waals surface area contributed by atoms with Crippen LogP contribution in [0, 0.1) is 6.92 Å². The lowest BCUT2D eigenvalue weighted by Gasteiger charge is -2.13. The van der Waals surface area contributed by atoms with E-state index in [0.717, 1.165) is 23.5 Å². The van der Waals surface area contributed by atoms with Crippen LogP contribution in [0.25, 0.3) is 0 Å². The van der Waals surface area contributed by atoms with E-state index < -0.39 is 0 Å². The van der Waals surface area contributed by atoms with Gasteiger partial charge in [-0.3, -0.25) is 4.79 Å². The van der Waals surface area contributed by atoms with Gasteiger partial charge in [-0.25, -0.2) is 4.98 Å². The van der Waals surface area contributed by atoms with Gasteiger partial charge in [0.05, 0.1) is 29.3 Å². The highest BCUT2D eigenvalue weighted by atomic mass is 32.1. The van der Waals surface area contributed by atoms with Gasteiger partial charge in [-0.05, 0) is 19.8 Å². The highest BCUT2D eigenvalue weighted by molar-refractivity contribution is 7.09. The smallest absolute Gasteiger partial charge is 0.226 e. The summed E-state index contributed by atoms with van der Waals surface area (Å²) in [6, 6.07) is 0. The van der Waals surface area contributed by atoms with E-state index >= 15 is 0 Å². The predicted octanol–water partition coefficient (Wildman–Crippen LogP) is 0.635. The Morgan fingerprint density at radius 1 is 1.73 bits per heavy atom. The topological polar surface area (TPSA) is 62.2 Å². The molecule has 0 spiro atoms. The maximum absolute atomic E-state index is 11.6. The molecule has 5 heteroatoms. The molecule has 1 aromatic rings. The van der Waals surface area contributed by atoms with Gasteiger partial charge in [0, 0.05) is 5.38 Å². The third-order valence-electron chi connectivity index (χ3n) is 2.57. The molecule has 1 aliphatic carbocycles. The molecule has 0 atom stereocenters. The third kappa shape index (κ3) is 2.54. The Kier molecular flexibility index (Phi) is 2.75. The number of aromatic nitrogens is 1. The molecule has 2 rings (SSSR count). The zero-order valence-corrected chi connectivity index (χ0v) is 9.43. The maximum atomic E-state index is 11.6. The van der Waals surface area contributed by atoms with E-state index in [9.17, 15) is 4.79 Å². The van der Waals surface area contributed by atoms with Crippen molar-refractivity contribution in [2.75, 3.05) is 6.61 Å². The van der Waals surface area contributed by atoms with Crippen LogP contribution in [0.2, 0.25) is 0 Å². The number of rotatable bonds is 4. The molecule has 15 heavy (non-hydrogen) atoms. The van der Waals surface area contributed by atoms with Gasteiger partial charge in [-0.15, -0.1) is 11.3 Å². The minimum absolute atomic E-state index is 0.0365. The largest absolute Gasteiger partial charge is 0.394 e. The normalized spacial score (nSPS) is 17.5. The first-order valence-electron chi connectivity index (χ1n) is 4.96. The van der Waals surface area contributed by atoms with Gasteiger partial charge in [0.1, 0.15) is 0 Å². The molecular formula is C10H14N2O2S. The van der Waals surface area contributed by atoms with E-state index in [1.807, 2.05) is 12.3 Å². The Hall–Kier alpha value is -0.940. The summed E-state index contributed by atoms with van der Waals surface area (Å²) in [5, 5.41) is 14.8. The zero-order chi connectivity index (χ0) is 10.9. The second-order valence-corrected chi connectivity index (χ2v) is 5.08. The number of carbonyl (C=O) groups is 1. The van der Waals surface area contributed by atoms with Crippen molar-refractivity contribution in [2.45, 2.75) is 31.7 Å². The predicted molar refractivity (Wildman–Crippen MR) is 57.7 cm³/mol. The minimum atomic E-state index is -0.317. The molecule has 0 aliphatic heterocycles. The van der Waals surface area contributed by atoms with Gasteiger partial charge in [-0.2, -0.15) is 0 Å². The van der Waals surface area contributed by atoms with Gasteiger partial charge in [0.2, 0.25) is 5.91 Å². The Labute approximate surface area is 92.3 Å². The van der Waals surface area contributed by atoms with Crippen molar-refractivity contribution < 1.29 is 9.90 Å². The van der Waals surface area contributed by atoms with Crippen LogP contribution >= 0.6 is 11.3 Å². The Morgan fingerprint density at radius 2 is 2.47 bits per heavy atom. The van der Waals surface area contributed by atoms with E-state index in [0.29, 0.717) is 6.42 Å². The highest BCUT2D eigenvalue weighted by Gasteiger charge is 2.43. The standard InChI is InChI=1S/C10H14N2O2S/c1-7-11-8(5-15-7)4-9(14)12-10(6-13)2-3-10/h5,13H,2-4,6H2,1H3,(H,12,14). The minimum Gasteiger partial charge on any atom is -0.394 e. The first kappa shape index (κ1) is 10.6. The van der Waals surface area contributed by atoms with Crippen molar-refractivity contribution in [3.05, 3.63) is 16.1 Å². The van der Waals surface area contributed by atoms with Crippen LogP contribution in [0.15, 0.2) is 5.38 Å². The summed E-state index contributed by atoms with van der Waals surface area (Å²) >= 11 is 1.55. The van der Waals surface area contributed by atoms with Crippen LogP contribution in [0.4, 0.5) is 0 Å². The SMILES string of the molecule is Cc1nc(CC(=O)NC2(CO)CC2)cs1. The average molecular weight is 226 g/mol. The Morgan fingerprint density at radius 3 is 2.93 bits per heavy atom. The van der Waals surface area contributed by atoms with Crippen molar-refractivity contribution >= 4 is 17.2 Å². The fraction of sp³-hybridized carbons (Fsp3) is 0.600. The lowest BCUT2D eigenvalue weighted by Crippen LogP contribution is -2.40. The number of thiazole rings is 1. The number of aryl methyl sites for hydroxylation is 1. The third-order valence-corrected chi connectivity index (χ3v) is 3.39. The van der Waals surface area contributed by atoms with Crippen molar-refractivity contribution in [3.8, 4) is 0 Å². The summed E-state index contributed by atoms with van der Waals surface area (Å²) in [7, 11) is 0. The highest BCUT2D eigenvalue weighted by Crippen LogP contribution is 2.34. The lowest BCUT2D eigenvalue weighted by molar-refractivity contribution is -0.121. The molecule has 0 aromatic carbocycles. The second-order valence-electron chi connectivity index (χ2n) is 4.02. The van der Waals surface area contributed by atoms with Gasteiger partial charge in [-0.1, -0.05) is 0 Å². The first-order valence-corrected chi connectivity index (χ1v) is 5.84. The van der Waals surface area contributed by atoms with E-state index in [1.165, 1.54) is 0 Å². The molecule has 0 radical (unpaired) electrons. The molecule has 0 saturated heterocycles. The fourth-order valence-electron chi connectivity index (χ4n) is 1.47. The molecule has 1 aliphatic rings. The summed E-state index contributed by atoms with van der Waals surface area (Å²) in [5.41, 5.74) is 0.492. The fourth-order valence-corrected chi connectivity index (χ4v) is 2.08. The summed E-state index contributed by atoms with van der Waals surface area (Å²) in [5.74, 6) is -0.0492. The quantitative estimate of drug-likeness (QED) is 0.791. The summed E-state index contributed by atoms with van der Waals surface area (Å²) in [6.45, 7) is 1.96. The maximum Gasteiger partial charge on any atom is 0.226 e. The number of amides is 1. The van der Waals surface area contributed by atoms with Gasteiger partial charge >= 0.3 is 0 Å². The summed E-state index contributed by atoms with van der Waals surface area (Å²) in [4.78, 5) is 15.8. The Balaban J connectivity index is 1.87. The molecule has 4 nitrogen and oxygen atoms in total. The zero-order valence-electron chi connectivity index (χ0n) is 8.62. The van der Waals surface area contributed by atoms with E-state index in [4.69, 9.17) is 5.11 Å². The number of aliphatic hydroxyl groups is 1. The molecule has 1 amide bonds. The Bertz CT molecular complexity index is 371. The number of hydrogen-bond acceptors (Lipinski definition) is 4. The molecule has 0 unspecified atom stereocenters. The van der Waals surface area contributed by atoms with E-state index in [2.05, 4.69) is 10.3 Å². The number of nitrogens with zero attached hydrogens (tertiary/aromatic N) is 1. The van der Waals surface area contributed by atoms with Crippen LogP contribution in [-0.4, -0.2) is 28.1 Å². The van der Waals surface area contributed by atoms with Gasteiger partial charge < -0.3 is 10.4 Å². The first-order chi connectivity index (χ1) is 7.13. The van der Waals surface area contributed by atoms with E-state index in [-0.39, 0.29) is 18.1 Å². The monoisotopic (exact) mass is 226 g/mol. The molecule has 82 valence electrons. The van der Waals surface area contributed by atoms with Crippen LogP contribution in [0.5, 0.6) is 0 Å².